The molecule has 1 N–H and O–H groups in total. The van der Waals surface area contributed by atoms with Gasteiger partial charge in [-0.25, -0.2) is 0 Å². The van der Waals surface area contributed by atoms with Gasteiger partial charge in [0.2, 0.25) is 0 Å². The van der Waals surface area contributed by atoms with Gasteiger partial charge in [-0.15, -0.1) is 0 Å². The van der Waals surface area contributed by atoms with Gasteiger partial charge in [0.15, 0.2) is 0 Å². The number of aromatic nitrogens is 1. The number of rotatable bonds is 2. The smallest absolute Gasteiger partial charge is 1.00 e. The van der Waals surface area contributed by atoms with Gasteiger partial charge in [0, 0.05) is 0 Å². The quantitative estimate of drug-likeness (QED) is 0.567. The summed E-state index contributed by atoms with van der Waals surface area (Å²) < 4.78 is 3.14. The van der Waals surface area contributed by atoms with Crippen LogP contribution in [0.25, 0.3) is 0 Å². The Morgan fingerprint density at radius 3 is 2.69 bits per heavy atom. The van der Waals surface area contributed by atoms with Crippen LogP contribution in [0.2, 0.25) is 0 Å². The maximum absolute atomic E-state index is 3.27. The van der Waals surface area contributed by atoms with E-state index in [0.717, 1.165) is 0 Å². The molecule has 0 atom stereocenters. The van der Waals surface area contributed by atoms with E-state index >= 15 is 0 Å². The van der Waals surface area contributed by atoms with Crippen molar-refractivity contribution >= 4 is 3.40 Å². The maximum Gasteiger partial charge on any atom is -1.00 e. The molecule has 1 aliphatic rings. The Hall–Kier alpha value is 0.223. The SMILES string of the molecule is C1=CC[C]([Zr+2][c]2ccc[nH]2)=C1.[Cl-].[Cl-]. The third kappa shape index (κ3) is 3.85. The van der Waals surface area contributed by atoms with Gasteiger partial charge >= 0.3 is 77.9 Å². The number of H-pyrrole nitrogens is 1. The van der Waals surface area contributed by atoms with E-state index in [-0.39, 0.29) is 24.8 Å². The third-order valence-electron chi connectivity index (χ3n) is 1.66. The molecule has 68 valence electrons. The average molecular weight is 293 g/mol. The molecule has 1 aromatic heterocycles. The van der Waals surface area contributed by atoms with E-state index in [2.05, 4.69) is 35.3 Å². The van der Waals surface area contributed by atoms with Gasteiger partial charge in [-0.3, -0.25) is 0 Å². The summed E-state index contributed by atoms with van der Waals surface area (Å²) in [6, 6.07) is 4.28. The fourth-order valence-corrected chi connectivity index (χ4v) is 3.78. The van der Waals surface area contributed by atoms with E-state index in [9.17, 15) is 0 Å². The first-order chi connectivity index (χ1) is 5.45. The van der Waals surface area contributed by atoms with Crippen LogP contribution in [0.3, 0.4) is 0 Å². The van der Waals surface area contributed by atoms with Crippen molar-refractivity contribution in [1.29, 1.82) is 0 Å². The fraction of sp³-hybridized carbons (Fsp3) is 0.111. The molecule has 0 unspecified atom stereocenters. The Labute approximate surface area is 102 Å². The van der Waals surface area contributed by atoms with Crippen LogP contribution in [-0.4, -0.2) is 4.98 Å². The molecule has 1 aromatic rings. The Balaban J connectivity index is 0.000000720. The van der Waals surface area contributed by atoms with Crippen LogP contribution >= 0.6 is 0 Å². The molecule has 0 aromatic carbocycles. The van der Waals surface area contributed by atoms with Gasteiger partial charge in [0.1, 0.15) is 0 Å². The maximum atomic E-state index is 3.27. The Morgan fingerprint density at radius 1 is 1.31 bits per heavy atom. The van der Waals surface area contributed by atoms with Crippen molar-refractivity contribution in [2.75, 3.05) is 0 Å². The molecule has 0 fully saturated rings. The van der Waals surface area contributed by atoms with Crippen LogP contribution in [0.4, 0.5) is 0 Å². The monoisotopic (exact) mass is 291 g/mol. The van der Waals surface area contributed by atoms with E-state index < -0.39 is 23.2 Å². The van der Waals surface area contributed by atoms with Crippen molar-refractivity contribution in [3.8, 4) is 0 Å². The summed E-state index contributed by atoms with van der Waals surface area (Å²) in [5.41, 5.74) is 0. The number of aromatic amines is 1. The molecule has 4 heteroatoms. The molecule has 0 radical (unpaired) electrons. The predicted molar refractivity (Wildman–Crippen MR) is 42.3 cm³/mol. The van der Waals surface area contributed by atoms with Crippen LogP contribution in [0.5, 0.6) is 0 Å². The topological polar surface area (TPSA) is 15.8 Å². The van der Waals surface area contributed by atoms with E-state index in [4.69, 9.17) is 0 Å². The first kappa shape index (κ1) is 13.2. The minimum atomic E-state index is -0.423. The van der Waals surface area contributed by atoms with Gasteiger partial charge in [-0.05, 0) is 0 Å². The summed E-state index contributed by atoms with van der Waals surface area (Å²) in [7, 11) is 0. The van der Waals surface area contributed by atoms with E-state index in [1.54, 1.807) is 3.28 Å². The van der Waals surface area contributed by atoms with Gasteiger partial charge < -0.3 is 24.8 Å². The third-order valence-corrected chi connectivity index (χ3v) is 4.79. The van der Waals surface area contributed by atoms with Crippen molar-refractivity contribution in [1.82, 2.24) is 4.98 Å². The standard InChI is InChI=1S/C5H5.C4H4N.2ClH.Zr/c2*1-2-4-5-3-1;;;/h1-3H,4H2;1-3,5H;2*1H;/q;;;;+2/p-2. The summed E-state index contributed by atoms with van der Waals surface area (Å²) in [5, 5.41) is 0. The molecule has 1 heterocycles. The van der Waals surface area contributed by atoms with Gasteiger partial charge in [-0.2, -0.15) is 0 Å². The van der Waals surface area contributed by atoms with Gasteiger partial charge in [0.25, 0.3) is 0 Å². The Morgan fingerprint density at radius 2 is 2.15 bits per heavy atom. The van der Waals surface area contributed by atoms with Crippen molar-refractivity contribution in [3.05, 3.63) is 39.8 Å². The molecular weight excluding hydrogens is 284 g/mol. The number of allylic oxidation sites excluding steroid dienone is 4. The van der Waals surface area contributed by atoms with Crippen LogP contribution in [0.1, 0.15) is 6.42 Å². The minimum Gasteiger partial charge on any atom is -1.00 e. The second-order valence-electron chi connectivity index (χ2n) is 2.53. The minimum absolute atomic E-state index is 0. The number of halogens is 2. The van der Waals surface area contributed by atoms with Crippen molar-refractivity contribution in [2.45, 2.75) is 6.42 Å². The molecule has 1 nitrogen and oxygen atoms in total. The molecule has 1 aliphatic carbocycles. The molecular formula is C9H9Cl2NZr. The largest absolute Gasteiger partial charge is 1.00 e. The normalized spacial score (nSPS) is 12.5. The fourth-order valence-electron chi connectivity index (χ4n) is 1.12. The first-order valence-corrected chi connectivity index (χ1v) is 6.17. The average Bonchev–Trinajstić information content (AvgIpc) is 2.60. The summed E-state index contributed by atoms with van der Waals surface area (Å²) in [4.78, 5) is 3.27. The number of hydrogen-bond acceptors (Lipinski definition) is 0. The summed E-state index contributed by atoms with van der Waals surface area (Å²) in [5.74, 6) is 0. The van der Waals surface area contributed by atoms with E-state index in [1.807, 2.05) is 6.20 Å². The van der Waals surface area contributed by atoms with Crippen molar-refractivity contribution in [3.63, 3.8) is 0 Å². The van der Waals surface area contributed by atoms with Crippen LogP contribution in [-0.2, 0) is 23.2 Å². The summed E-state index contributed by atoms with van der Waals surface area (Å²) >= 11 is -0.423. The second-order valence-corrected chi connectivity index (χ2v) is 6.05. The molecule has 13 heavy (non-hydrogen) atoms. The zero-order valence-corrected chi connectivity index (χ0v) is 10.9. The molecule has 0 saturated heterocycles. The van der Waals surface area contributed by atoms with Crippen LogP contribution < -0.4 is 28.2 Å². The van der Waals surface area contributed by atoms with Gasteiger partial charge in [0.05, 0.1) is 0 Å². The molecule has 0 saturated carbocycles. The van der Waals surface area contributed by atoms with Crippen LogP contribution in [0, 0.1) is 0 Å². The van der Waals surface area contributed by atoms with Crippen LogP contribution in [0.15, 0.2) is 39.8 Å². The summed E-state index contributed by atoms with van der Waals surface area (Å²) in [6.45, 7) is 0. The molecule has 0 amide bonds. The van der Waals surface area contributed by atoms with Crippen molar-refractivity contribution in [2.24, 2.45) is 0 Å². The molecule has 0 spiro atoms. The Bertz CT molecular complexity index is 291. The van der Waals surface area contributed by atoms with Crippen molar-refractivity contribution < 1.29 is 48.0 Å². The summed E-state index contributed by atoms with van der Waals surface area (Å²) in [6.07, 6.45) is 9.88. The molecule has 0 aliphatic heterocycles. The van der Waals surface area contributed by atoms with Gasteiger partial charge in [-0.1, -0.05) is 0 Å². The first-order valence-electron chi connectivity index (χ1n) is 3.71. The zero-order valence-electron chi connectivity index (χ0n) is 6.93. The van der Waals surface area contributed by atoms with E-state index in [0.29, 0.717) is 0 Å². The second kappa shape index (κ2) is 6.64. The predicted octanol–water partition coefficient (Wildman–Crippen LogP) is -4.43. The number of nitrogens with one attached hydrogen (secondary N) is 1. The molecule has 2 rings (SSSR count). The zero-order chi connectivity index (χ0) is 7.52. The Kier molecular flexibility index (Phi) is 6.76. The van der Waals surface area contributed by atoms with E-state index in [1.165, 1.54) is 9.82 Å². The molecule has 0 bridgehead atoms. The number of hydrogen-bond donors (Lipinski definition) is 1.